The number of amides is 1. The van der Waals surface area contributed by atoms with Gasteiger partial charge < -0.3 is 5.32 Å². The van der Waals surface area contributed by atoms with Crippen molar-refractivity contribution in [1.29, 1.82) is 0 Å². The Morgan fingerprint density at radius 1 is 1.08 bits per heavy atom. The second kappa shape index (κ2) is 6.29. The molecule has 1 amide bonds. The number of aromatic nitrogens is 2. The van der Waals surface area contributed by atoms with E-state index in [0.29, 0.717) is 11.4 Å². The van der Waals surface area contributed by atoms with Crippen LogP contribution in [0.4, 0.5) is 5.69 Å². The molecule has 0 aliphatic carbocycles. The van der Waals surface area contributed by atoms with Gasteiger partial charge in [0.05, 0.1) is 17.4 Å². The zero-order valence-electron chi connectivity index (χ0n) is 12.9. The molecular weight excluding hydrogens is 326 g/mol. The molecule has 1 N–H and O–H groups in total. The molecule has 7 heteroatoms. The third-order valence-electron chi connectivity index (χ3n) is 3.43. The van der Waals surface area contributed by atoms with Gasteiger partial charge in [0.2, 0.25) is 0 Å². The fraction of sp³-hybridized carbons (Fsp3) is 0.0588. The van der Waals surface area contributed by atoms with Gasteiger partial charge in [-0.25, -0.2) is 13.4 Å². The topological polar surface area (TPSA) is 81.1 Å². The maximum atomic E-state index is 12.5. The fourth-order valence-corrected chi connectivity index (χ4v) is 2.92. The van der Waals surface area contributed by atoms with Crippen LogP contribution in [0.25, 0.3) is 5.69 Å². The predicted molar refractivity (Wildman–Crippen MR) is 91.1 cm³/mol. The lowest BCUT2D eigenvalue weighted by atomic mass is 10.3. The molecule has 0 radical (unpaired) electrons. The third kappa shape index (κ3) is 3.36. The SMILES string of the molecule is CS(=O)(=O)c1cccc(NC(=O)c2cncn2-c2ccccc2)c1. The molecule has 2 aromatic carbocycles. The molecule has 0 unspecified atom stereocenters. The van der Waals surface area contributed by atoms with Crippen LogP contribution in [0, 0.1) is 0 Å². The van der Waals surface area contributed by atoms with Gasteiger partial charge in [-0.05, 0) is 30.3 Å². The Labute approximate surface area is 139 Å². The summed E-state index contributed by atoms with van der Waals surface area (Å²) in [6.07, 6.45) is 4.14. The average Bonchev–Trinajstić information content (AvgIpc) is 3.05. The summed E-state index contributed by atoms with van der Waals surface area (Å²) in [5, 5.41) is 2.70. The summed E-state index contributed by atoms with van der Waals surface area (Å²) in [5.41, 5.74) is 1.57. The average molecular weight is 341 g/mol. The molecule has 122 valence electrons. The van der Waals surface area contributed by atoms with Crippen LogP contribution in [0.1, 0.15) is 10.5 Å². The Hall–Kier alpha value is -2.93. The molecule has 24 heavy (non-hydrogen) atoms. The maximum Gasteiger partial charge on any atom is 0.274 e. The second-order valence-electron chi connectivity index (χ2n) is 5.24. The van der Waals surface area contributed by atoms with E-state index in [1.807, 2.05) is 30.3 Å². The quantitative estimate of drug-likeness (QED) is 0.791. The van der Waals surface area contributed by atoms with Crippen LogP contribution in [0.15, 0.2) is 72.0 Å². The molecule has 3 rings (SSSR count). The van der Waals surface area contributed by atoms with Gasteiger partial charge in [-0.1, -0.05) is 24.3 Å². The van der Waals surface area contributed by atoms with E-state index in [4.69, 9.17) is 0 Å². The lowest BCUT2D eigenvalue weighted by Gasteiger charge is -2.09. The number of hydrogen-bond donors (Lipinski definition) is 1. The van der Waals surface area contributed by atoms with Crippen molar-refractivity contribution < 1.29 is 13.2 Å². The second-order valence-corrected chi connectivity index (χ2v) is 7.25. The molecule has 0 saturated heterocycles. The van der Waals surface area contributed by atoms with Crippen molar-refractivity contribution in [2.75, 3.05) is 11.6 Å². The first-order chi connectivity index (χ1) is 11.4. The van der Waals surface area contributed by atoms with Gasteiger partial charge in [-0.3, -0.25) is 9.36 Å². The Morgan fingerprint density at radius 2 is 1.83 bits per heavy atom. The van der Waals surface area contributed by atoms with Gasteiger partial charge in [0, 0.05) is 17.6 Å². The molecule has 1 heterocycles. The van der Waals surface area contributed by atoms with E-state index >= 15 is 0 Å². The number of anilines is 1. The molecule has 3 aromatic rings. The standard InChI is InChI=1S/C17H15N3O3S/c1-24(22,23)15-9-5-6-13(10-15)19-17(21)16-11-18-12-20(16)14-7-3-2-4-8-14/h2-12H,1H3,(H,19,21). The summed E-state index contributed by atoms with van der Waals surface area (Å²) in [4.78, 5) is 16.7. The fourth-order valence-electron chi connectivity index (χ4n) is 2.26. The number of nitrogens with zero attached hydrogens (tertiary/aromatic N) is 2. The normalized spacial score (nSPS) is 11.2. The van der Waals surface area contributed by atoms with Crippen LogP contribution in [0.3, 0.4) is 0 Å². The number of carbonyl (C=O) groups is 1. The summed E-state index contributed by atoms with van der Waals surface area (Å²) in [5.74, 6) is -0.373. The minimum atomic E-state index is -3.33. The van der Waals surface area contributed by atoms with Crippen molar-refractivity contribution in [1.82, 2.24) is 9.55 Å². The van der Waals surface area contributed by atoms with Crippen molar-refractivity contribution in [3.05, 3.63) is 72.8 Å². The van der Waals surface area contributed by atoms with E-state index in [1.165, 1.54) is 18.3 Å². The summed E-state index contributed by atoms with van der Waals surface area (Å²) >= 11 is 0. The van der Waals surface area contributed by atoms with E-state index in [9.17, 15) is 13.2 Å². The number of sulfone groups is 1. The first-order valence-electron chi connectivity index (χ1n) is 7.14. The number of para-hydroxylation sites is 1. The third-order valence-corrected chi connectivity index (χ3v) is 4.54. The van der Waals surface area contributed by atoms with Crippen LogP contribution >= 0.6 is 0 Å². The zero-order chi connectivity index (χ0) is 17.2. The van der Waals surface area contributed by atoms with Crippen molar-refractivity contribution in [3.8, 4) is 5.69 Å². The van der Waals surface area contributed by atoms with Crippen LogP contribution < -0.4 is 5.32 Å². The number of imidazole rings is 1. The summed E-state index contributed by atoms with van der Waals surface area (Å²) in [7, 11) is -3.33. The Bertz CT molecular complexity index is 979. The molecule has 0 aliphatic heterocycles. The first-order valence-corrected chi connectivity index (χ1v) is 9.03. The molecule has 0 spiro atoms. The lowest BCUT2D eigenvalue weighted by molar-refractivity contribution is 0.102. The van der Waals surface area contributed by atoms with E-state index < -0.39 is 9.84 Å². The van der Waals surface area contributed by atoms with Crippen LogP contribution in [-0.4, -0.2) is 30.1 Å². The van der Waals surface area contributed by atoms with Gasteiger partial charge in [0.15, 0.2) is 9.84 Å². The van der Waals surface area contributed by atoms with Gasteiger partial charge in [-0.2, -0.15) is 0 Å². The highest BCUT2D eigenvalue weighted by Crippen LogP contribution is 2.17. The van der Waals surface area contributed by atoms with E-state index in [-0.39, 0.29) is 10.8 Å². The monoisotopic (exact) mass is 341 g/mol. The van der Waals surface area contributed by atoms with E-state index in [2.05, 4.69) is 10.3 Å². The van der Waals surface area contributed by atoms with Crippen molar-refractivity contribution in [3.63, 3.8) is 0 Å². The summed E-state index contributed by atoms with van der Waals surface area (Å²) in [6, 6.07) is 15.5. The molecule has 0 saturated carbocycles. The Balaban J connectivity index is 1.89. The molecular formula is C17H15N3O3S. The molecule has 1 aromatic heterocycles. The molecule has 0 bridgehead atoms. The predicted octanol–water partition coefficient (Wildman–Crippen LogP) is 2.53. The smallest absolute Gasteiger partial charge is 0.274 e. The van der Waals surface area contributed by atoms with Crippen LogP contribution in [-0.2, 0) is 9.84 Å². The Kier molecular flexibility index (Phi) is 4.18. The van der Waals surface area contributed by atoms with E-state index in [1.54, 1.807) is 23.0 Å². The summed E-state index contributed by atoms with van der Waals surface area (Å²) < 4.78 is 24.9. The Morgan fingerprint density at radius 3 is 2.54 bits per heavy atom. The molecule has 6 nitrogen and oxygen atoms in total. The highest BCUT2D eigenvalue weighted by atomic mass is 32.2. The molecule has 0 fully saturated rings. The molecule has 0 atom stereocenters. The number of carbonyl (C=O) groups excluding carboxylic acids is 1. The van der Waals surface area contributed by atoms with Crippen LogP contribution in [0.2, 0.25) is 0 Å². The van der Waals surface area contributed by atoms with Gasteiger partial charge in [-0.15, -0.1) is 0 Å². The minimum absolute atomic E-state index is 0.150. The van der Waals surface area contributed by atoms with Gasteiger partial charge >= 0.3 is 0 Å². The lowest BCUT2D eigenvalue weighted by Crippen LogP contribution is -2.16. The van der Waals surface area contributed by atoms with Crippen molar-refractivity contribution in [2.24, 2.45) is 0 Å². The molecule has 0 aliphatic rings. The van der Waals surface area contributed by atoms with Crippen LogP contribution in [0.5, 0.6) is 0 Å². The van der Waals surface area contributed by atoms with E-state index in [0.717, 1.165) is 11.9 Å². The largest absolute Gasteiger partial charge is 0.321 e. The number of hydrogen-bond acceptors (Lipinski definition) is 4. The van der Waals surface area contributed by atoms with Crippen molar-refractivity contribution >= 4 is 21.4 Å². The zero-order valence-corrected chi connectivity index (χ0v) is 13.7. The number of nitrogens with one attached hydrogen (secondary N) is 1. The van der Waals surface area contributed by atoms with Crippen molar-refractivity contribution in [2.45, 2.75) is 4.90 Å². The number of benzene rings is 2. The maximum absolute atomic E-state index is 12.5. The highest BCUT2D eigenvalue weighted by molar-refractivity contribution is 7.90. The minimum Gasteiger partial charge on any atom is -0.321 e. The van der Waals surface area contributed by atoms with Gasteiger partial charge in [0.1, 0.15) is 5.69 Å². The highest BCUT2D eigenvalue weighted by Gasteiger charge is 2.14. The summed E-state index contributed by atoms with van der Waals surface area (Å²) in [6.45, 7) is 0. The van der Waals surface area contributed by atoms with Gasteiger partial charge in [0.25, 0.3) is 5.91 Å². The first kappa shape index (κ1) is 15.9. The number of rotatable bonds is 4.